The Bertz CT molecular complexity index is 681. The van der Waals surface area contributed by atoms with Crippen molar-refractivity contribution in [2.75, 3.05) is 25.0 Å². The van der Waals surface area contributed by atoms with Gasteiger partial charge in [-0.3, -0.25) is 4.79 Å². The van der Waals surface area contributed by atoms with E-state index in [-0.39, 0.29) is 5.91 Å². The molecular formula is C22H37N5O3. The van der Waals surface area contributed by atoms with Gasteiger partial charge in [-0.05, 0) is 58.2 Å². The first-order chi connectivity index (χ1) is 14.2. The predicted molar refractivity (Wildman–Crippen MR) is 122 cm³/mol. The van der Waals surface area contributed by atoms with E-state index < -0.39 is 11.7 Å². The van der Waals surface area contributed by atoms with Crippen molar-refractivity contribution < 1.29 is 14.3 Å². The largest absolute Gasteiger partial charge is 0.444 e. The highest BCUT2D eigenvalue weighted by Gasteiger charge is 2.15. The fourth-order valence-corrected chi connectivity index (χ4v) is 2.46. The predicted octanol–water partition coefficient (Wildman–Crippen LogP) is 3.40. The molecule has 0 aliphatic heterocycles. The molecule has 0 atom stereocenters. The Morgan fingerprint density at radius 1 is 1.00 bits per heavy atom. The second-order valence-corrected chi connectivity index (χ2v) is 7.90. The maximum Gasteiger partial charge on any atom is 0.407 e. The zero-order valence-corrected chi connectivity index (χ0v) is 18.9. The molecule has 0 bridgehead atoms. The molecule has 1 aromatic rings. The fraction of sp³-hybridized carbons (Fsp3) is 0.591. The molecule has 0 radical (unpaired) electrons. The summed E-state index contributed by atoms with van der Waals surface area (Å²) in [6.45, 7) is 12.0. The number of amides is 2. The zero-order valence-electron chi connectivity index (χ0n) is 18.9. The summed E-state index contributed by atoms with van der Waals surface area (Å²) in [6, 6.07) is 7.70. The van der Waals surface area contributed by atoms with Crippen LogP contribution in [0.1, 0.15) is 59.4 Å². The first-order valence-electron chi connectivity index (χ1n) is 10.6. The summed E-state index contributed by atoms with van der Waals surface area (Å²) in [5, 5.41) is 12.1. The van der Waals surface area contributed by atoms with Crippen LogP contribution in [0.2, 0.25) is 0 Å². The average molecular weight is 420 g/mol. The second kappa shape index (κ2) is 13.5. The van der Waals surface area contributed by atoms with Gasteiger partial charge in [0.25, 0.3) is 0 Å². The first kappa shape index (κ1) is 25.3. The van der Waals surface area contributed by atoms with E-state index in [1.807, 2.05) is 58.9 Å². The Kier molecular flexibility index (Phi) is 11.3. The molecule has 1 rings (SSSR count). The number of carbonyl (C=O) groups excluding carboxylic acids is 2. The van der Waals surface area contributed by atoms with Crippen LogP contribution >= 0.6 is 0 Å². The summed E-state index contributed by atoms with van der Waals surface area (Å²) in [7, 11) is 0. The van der Waals surface area contributed by atoms with Gasteiger partial charge in [-0.2, -0.15) is 0 Å². The van der Waals surface area contributed by atoms with Crippen LogP contribution in [0.25, 0.3) is 0 Å². The minimum absolute atomic E-state index is 0.0306. The molecule has 30 heavy (non-hydrogen) atoms. The van der Waals surface area contributed by atoms with E-state index in [9.17, 15) is 9.59 Å². The molecule has 0 aliphatic rings. The molecule has 0 heterocycles. The Labute approximate surface area is 180 Å². The Morgan fingerprint density at radius 3 is 2.27 bits per heavy atom. The molecule has 0 fully saturated rings. The monoisotopic (exact) mass is 419 g/mol. The summed E-state index contributed by atoms with van der Waals surface area (Å²) in [5.41, 5.74) is 1.35. The Balaban J connectivity index is 2.41. The lowest BCUT2D eigenvalue weighted by molar-refractivity contribution is -0.116. The van der Waals surface area contributed by atoms with E-state index in [2.05, 4.69) is 26.3 Å². The van der Waals surface area contributed by atoms with Gasteiger partial charge in [0.15, 0.2) is 5.96 Å². The number of hydrogen-bond acceptors (Lipinski definition) is 4. The number of guanidine groups is 1. The van der Waals surface area contributed by atoms with Crippen LogP contribution in [0.5, 0.6) is 0 Å². The summed E-state index contributed by atoms with van der Waals surface area (Å²) in [5.74, 6) is 0.748. The fourth-order valence-electron chi connectivity index (χ4n) is 2.46. The molecule has 0 unspecified atom stereocenters. The lowest BCUT2D eigenvalue weighted by Gasteiger charge is -2.19. The third kappa shape index (κ3) is 11.9. The number of aliphatic imine (C=N–C) groups is 1. The molecule has 168 valence electrons. The van der Waals surface area contributed by atoms with Gasteiger partial charge in [-0.25, -0.2) is 9.79 Å². The van der Waals surface area contributed by atoms with Crippen LogP contribution in [0.15, 0.2) is 29.3 Å². The quantitative estimate of drug-likeness (QED) is 0.264. The number of alkyl carbamates (subject to hydrolysis) is 1. The molecule has 0 saturated carbocycles. The number of rotatable bonds is 10. The van der Waals surface area contributed by atoms with Crippen molar-refractivity contribution >= 4 is 23.6 Å². The summed E-state index contributed by atoms with van der Waals surface area (Å²) in [4.78, 5) is 27.9. The van der Waals surface area contributed by atoms with Gasteiger partial charge in [0.1, 0.15) is 5.60 Å². The third-order valence-corrected chi connectivity index (χ3v) is 3.79. The van der Waals surface area contributed by atoms with E-state index >= 15 is 0 Å². The minimum Gasteiger partial charge on any atom is -0.444 e. The van der Waals surface area contributed by atoms with Crippen molar-refractivity contribution in [3.05, 3.63) is 29.8 Å². The SMILES string of the molecule is CCCC(=O)Nc1ccc(CN=C(NCC)NCCCNC(=O)OC(C)(C)C)cc1. The van der Waals surface area contributed by atoms with Crippen LogP contribution in [-0.2, 0) is 16.1 Å². The van der Waals surface area contributed by atoms with Gasteiger partial charge in [-0.1, -0.05) is 19.1 Å². The van der Waals surface area contributed by atoms with E-state index in [0.29, 0.717) is 26.1 Å². The first-order valence-corrected chi connectivity index (χ1v) is 10.6. The van der Waals surface area contributed by atoms with Gasteiger partial charge in [0, 0.05) is 31.7 Å². The van der Waals surface area contributed by atoms with Gasteiger partial charge in [0.05, 0.1) is 6.54 Å². The minimum atomic E-state index is -0.494. The summed E-state index contributed by atoms with van der Waals surface area (Å²) >= 11 is 0. The summed E-state index contributed by atoms with van der Waals surface area (Å²) < 4.78 is 5.20. The van der Waals surface area contributed by atoms with E-state index in [1.54, 1.807) is 0 Å². The van der Waals surface area contributed by atoms with Crippen molar-refractivity contribution in [1.29, 1.82) is 0 Å². The second-order valence-electron chi connectivity index (χ2n) is 7.90. The number of nitrogens with one attached hydrogen (secondary N) is 4. The highest BCUT2D eigenvalue weighted by Crippen LogP contribution is 2.11. The number of ether oxygens (including phenoxy) is 1. The van der Waals surface area contributed by atoms with Gasteiger partial charge >= 0.3 is 6.09 Å². The smallest absolute Gasteiger partial charge is 0.407 e. The maximum absolute atomic E-state index is 11.7. The Hall–Kier alpha value is -2.77. The number of benzene rings is 1. The van der Waals surface area contributed by atoms with E-state index in [1.165, 1.54) is 0 Å². The van der Waals surface area contributed by atoms with Crippen molar-refractivity contribution in [2.24, 2.45) is 4.99 Å². The lowest BCUT2D eigenvalue weighted by atomic mass is 10.2. The normalized spacial score (nSPS) is 11.6. The van der Waals surface area contributed by atoms with Crippen molar-refractivity contribution in [3.63, 3.8) is 0 Å². The zero-order chi connectivity index (χ0) is 22.4. The molecule has 8 nitrogen and oxygen atoms in total. The average Bonchev–Trinajstić information content (AvgIpc) is 2.65. The van der Waals surface area contributed by atoms with Crippen LogP contribution in [-0.4, -0.2) is 43.2 Å². The van der Waals surface area contributed by atoms with Crippen molar-refractivity contribution in [2.45, 2.75) is 66.0 Å². The number of carbonyl (C=O) groups is 2. The van der Waals surface area contributed by atoms with E-state index in [4.69, 9.17) is 4.74 Å². The number of nitrogens with zero attached hydrogens (tertiary/aromatic N) is 1. The van der Waals surface area contributed by atoms with Crippen LogP contribution in [0.4, 0.5) is 10.5 Å². The standard InChI is InChI=1S/C22H37N5O3/c1-6-9-19(28)27-18-12-10-17(11-13-18)16-26-20(23-7-2)24-14-8-15-25-21(29)30-22(3,4)5/h10-13H,6-9,14-16H2,1-5H3,(H,25,29)(H,27,28)(H2,23,24,26). The topological polar surface area (TPSA) is 104 Å². The number of hydrogen-bond donors (Lipinski definition) is 4. The van der Waals surface area contributed by atoms with Gasteiger partial charge < -0.3 is 26.0 Å². The van der Waals surface area contributed by atoms with Crippen LogP contribution in [0.3, 0.4) is 0 Å². The van der Waals surface area contributed by atoms with Crippen LogP contribution in [0, 0.1) is 0 Å². The maximum atomic E-state index is 11.7. The molecule has 0 saturated heterocycles. The molecule has 0 spiro atoms. The molecule has 2 amide bonds. The molecule has 0 aromatic heterocycles. The Morgan fingerprint density at radius 2 is 1.67 bits per heavy atom. The molecule has 1 aromatic carbocycles. The molecule has 0 aliphatic carbocycles. The molecular weight excluding hydrogens is 382 g/mol. The lowest BCUT2D eigenvalue weighted by Crippen LogP contribution is -2.39. The van der Waals surface area contributed by atoms with E-state index in [0.717, 1.165) is 36.6 Å². The highest BCUT2D eigenvalue weighted by atomic mass is 16.6. The van der Waals surface area contributed by atoms with Gasteiger partial charge in [0.2, 0.25) is 5.91 Å². The molecule has 4 N–H and O–H groups in total. The molecule has 8 heteroatoms. The van der Waals surface area contributed by atoms with Crippen LogP contribution < -0.4 is 21.3 Å². The number of anilines is 1. The highest BCUT2D eigenvalue weighted by molar-refractivity contribution is 5.90. The van der Waals surface area contributed by atoms with Crippen molar-refractivity contribution in [1.82, 2.24) is 16.0 Å². The summed E-state index contributed by atoms with van der Waals surface area (Å²) in [6.07, 6.45) is 1.69. The van der Waals surface area contributed by atoms with Crippen molar-refractivity contribution in [3.8, 4) is 0 Å². The third-order valence-electron chi connectivity index (χ3n) is 3.79. The van der Waals surface area contributed by atoms with Gasteiger partial charge in [-0.15, -0.1) is 0 Å².